The first-order chi connectivity index (χ1) is 11.0. The Morgan fingerprint density at radius 1 is 1.26 bits per heavy atom. The molecule has 1 amide bonds. The first kappa shape index (κ1) is 17.0. The van der Waals surface area contributed by atoms with Crippen LogP contribution in [0, 0.1) is 6.92 Å². The summed E-state index contributed by atoms with van der Waals surface area (Å²) in [5.74, 6) is -0.428. The van der Waals surface area contributed by atoms with Gasteiger partial charge in [-0.25, -0.2) is 0 Å². The predicted octanol–water partition coefficient (Wildman–Crippen LogP) is 4.90. The number of hydrogen-bond donors (Lipinski definition) is 1. The number of ether oxygens (including phenoxy) is 1. The lowest BCUT2D eigenvalue weighted by Crippen LogP contribution is -2.08. The van der Waals surface area contributed by atoms with Crippen LogP contribution < -0.4 is 10.1 Å². The van der Waals surface area contributed by atoms with Crippen molar-refractivity contribution in [1.82, 2.24) is 0 Å². The Morgan fingerprint density at radius 2 is 2.00 bits per heavy atom. The van der Waals surface area contributed by atoms with Gasteiger partial charge in [-0.2, -0.15) is 8.78 Å². The summed E-state index contributed by atoms with van der Waals surface area (Å²) in [6, 6.07) is 11.4. The molecule has 0 aliphatic rings. The third kappa shape index (κ3) is 5.07. The number of aryl methyl sites for hydroxylation is 1. The molecule has 0 fully saturated rings. The van der Waals surface area contributed by atoms with Gasteiger partial charge in [-0.15, -0.1) is 0 Å². The minimum Gasteiger partial charge on any atom is -0.434 e. The van der Waals surface area contributed by atoms with E-state index in [1.54, 1.807) is 30.3 Å². The van der Waals surface area contributed by atoms with E-state index in [-0.39, 0.29) is 5.75 Å². The van der Waals surface area contributed by atoms with Crippen molar-refractivity contribution < 1.29 is 18.3 Å². The first-order valence-electron chi connectivity index (χ1n) is 6.75. The molecule has 0 spiro atoms. The monoisotopic (exact) mass is 337 g/mol. The molecular formula is C17H14ClF2NO2. The molecule has 0 aliphatic carbocycles. The molecule has 0 unspecified atom stereocenters. The lowest BCUT2D eigenvalue weighted by atomic mass is 10.2. The number of alkyl halides is 2. The number of carbonyl (C=O) groups is 1. The van der Waals surface area contributed by atoms with Gasteiger partial charge in [-0.3, -0.25) is 4.79 Å². The van der Waals surface area contributed by atoms with Gasteiger partial charge in [0.15, 0.2) is 0 Å². The van der Waals surface area contributed by atoms with E-state index >= 15 is 0 Å². The molecule has 0 saturated carbocycles. The van der Waals surface area contributed by atoms with Crippen molar-refractivity contribution in [3.05, 3.63) is 64.7 Å². The first-order valence-corrected chi connectivity index (χ1v) is 7.12. The summed E-state index contributed by atoms with van der Waals surface area (Å²) in [5, 5.41) is 3.05. The minimum absolute atomic E-state index is 0.0000756. The van der Waals surface area contributed by atoms with E-state index in [1.165, 1.54) is 18.2 Å². The minimum atomic E-state index is -2.93. The summed E-state index contributed by atoms with van der Waals surface area (Å²) in [4.78, 5) is 11.9. The summed E-state index contributed by atoms with van der Waals surface area (Å²) in [5.41, 5.74) is 1.82. The van der Waals surface area contributed by atoms with E-state index in [0.29, 0.717) is 16.3 Å². The van der Waals surface area contributed by atoms with E-state index in [1.807, 2.05) is 13.0 Å². The summed E-state index contributed by atoms with van der Waals surface area (Å²) < 4.78 is 29.0. The van der Waals surface area contributed by atoms with Crippen molar-refractivity contribution in [3.8, 4) is 5.75 Å². The van der Waals surface area contributed by atoms with Gasteiger partial charge >= 0.3 is 6.61 Å². The van der Waals surface area contributed by atoms with Crippen LogP contribution >= 0.6 is 11.6 Å². The number of benzene rings is 2. The highest BCUT2D eigenvalue weighted by atomic mass is 35.5. The average molecular weight is 338 g/mol. The second kappa shape index (κ2) is 7.74. The molecule has 2 aromatic rings. The van der Waals surface area contributed by atoms with Crippen LogP contribution in [-0.4, -0.2) is 12.5 Å². The molecule has 6 heteroatoms. The Balaban J connectivity index is 2.09. The van der Waals surface area contributed by atoms with E-state index in [0.717, 1.165) is 5.56 Å². The van der Waals surface area contributed by atoms with Gasteiger partial charge in [0.2, 0.25) is 5.91 Å². The van der Waals surface area contributed by atoms with E-state index < -0.39 is 12.5 Å². The highest BCUT2D eigenvalue weighted by molar-refractivity contribution is 6.33. The van der Waals surface area contributed by atoms with E-state index in [2.05, 4.69) is 10.1 Å². The van der Waals surface area contributed by atoms with Gasteiger partial charge in [0.1, 0.15) is 5.75 Å². The molecule has 0 radical (unpaired) electrons. The molecule has 2 rings (SSSR count). The Morgan fingerprint density at radius 3 is 2.70 bits per heavy atom. The molecule has 0 heterocycles. The second-order valence-corrected chi connectivity index (χ2v) is 5.13. The van der Waals surface area contributed by atoms with Crippen LogP contribution in [0.4, 0.5) is 14.5 Å². The molecular weight excluding hydrogens is 324 g/mol. The SMILES string of the molecule is Cc1ccc(NC(=O)/C=C/c2ccccc2OC(F)F)c(Cl)c1. The number of para-hydroxylation sites is 1. The van der Waals surface area contributed by atoms with E-state index in [4.69, 9.17) is 11.6 Å². The maximum Gasteiger partial charge on any atom is 0.387 e. The summed E-state index contributed by atoms with van der Waals surface area (Å²) in [6.07, 6.45) is 2.62. The second-order valence-electron chi connectivity index (χ2n) is 4.72. The number of anilines is 1. The number of rotatable bonds is 5. The molecule has 3 nitrogen and oxygen atoms in total. The number of amides is 1. The predicted molar refractivity (Wildman–Crippen MR) is 86.9 cm³/mol. The molecule has 0 atom stereocenters. The fourth-order valence-electron chi connectivity index (χ4n) is 1.88. The average Bonchev–Trinajstić information content (AvgIpc) is 2.49. The molecule has 1 N–H and O–H groups in total. The summed E-state index contributed by atoms with van der Waals surface area (Å²) in [6.45, 7) is -1.04. The number of carbonyl (C=O) groups excluding carboxylic acids is 1. The van der Waals surface area contributed by atoms with Crippen molar-refractivity contribution in [1.29, 1.82) is 0 Å². The van der Waals surface area contributed by atoms with Crippen molar-refractivity contribution in [2.75, 3.05) is 5.32 Å². The van der Waals surface area contributed by atoms with Crippen LogP contribution in [0.3, 0.4) is 0 Å². The lowest BCUT2D eigenvalue weighted by molar-refractivity contribution is -0.111. The van der Waals surface area contributed by atoms with Gasteiger partial charge in [-0.05, 0) is 36.8 Å². The van der Waals surface area contributed by atoms with Crippen LogP contribution in [-0.2, 0) is 4.79 Å². The van der Waals surface area contributed by atoms with Gasteiger partial charge in [0, 0.05) is 11.6 Å². The highest BCUT2D eigenvalue weighted by Crippen LogP contribution is 2.24. The summed E-state index contributed by atoms with van der Waals surface area (Å²) >= 11 is 6.03. The van der Waals surface area contributed by atoms with Crippen molar-refractivity contribution in [3.63, 3.8) is 0 Å². The number of hydrogen-bond acceptors (Lipinski definition) is 2. The van der Waals surface area contributed by atoms with E-state index in [9.17, 15) is 13.6 Å². The Hall–Kier alpha value is -2.40. The van der Waals surface area contributed by atoms with Gasteiger partial charge in [0.25, 0.3) is 0 Å². The number of halogens is 3. The normalized spacial score (nSPS) is 11.0. The maximum absolute atomic E-state index is 12.3. The third-order valence-corrected chi connectivity index (χ3v) is 3.24. The molecule has 0 aromatic heterocycles. The van der Waals surface area contributed by atoms with Crippen LogP contribution in [0.2, 0.25) is 5.02 Å². The zero-order chi connectivity index (χ0) is 16.8. The smallest absolute Gasteiger partial charge is 0.387 e. The maximum atomic E-state index is 12.3. The van der Waals surface area contributed by atoms with Crippen LogP contribution in [0.5, 0.6) is 5.75 Å². The van der Waals surface area contributed by atoms with Crippen molar-refractivity contribution in [2.45, 2.75) is 13.5 Å². The van der Waals surface area contributed by atoms with Gasteiger partial charge < -0.3 is 10.1 Å². The molecule has 0 aliphatic heterocycles. The quantitative estimate of drug-likeness (QED) is 0.788. The van der Waals surface area contributed by atoms with Gasteiger partial charge in [-0.1, -0.05) is 35.9 Å². The zero-order valence-electron chi connectivity index (χ0n) is 12.2. The zero-order valence-corrected chi connectivity index (χ0v) is 13.0. The fraction of sp³-hybridized carbons (Fsp3) is 0.118. The molecule has 0 saturated heterocycles. The molecule has 23 heavy (non-hydrogen) atoms. The van der Waals surface area contributed by atoms with Gasteiger partial charge in [0.05, 0.1) is 10.7 Å². The Bertz CT molecular complexity index is 732. The lowest BCUT2D eigenvalue weighted by Gasteiger charge is -2.08. The Kier molecular flexibility index (Phi) is 5.71. The Labute approximate surface area is 137 Å². The summed E-state index contributed by atoms with van der Waals surface area (Å²) in [7, 11) is 0. The van der Waals surface area contributed by atoms with Crippen molar-refractivity contribution in [2.24, 2.45) is 0 Å². The highest BCUT2D eigenvalue weighted by Gasteiger charge is 2.08. The van der Waals surface area contributed by atoms with Crippen LogP contribution in [0.1, 0.15) is 11.1 Å². The number of nitrogens with one attached hydrogen (secondary N) is 1. The molecule has 120 valence electrons. The topological polar surface area (TPSA) is 38.3 Å². The van der Waals surface area contributed by atoms with Crippen molar-refractivity contribution >= 4 is 29.3 Å². The van der Waals surface area contributed by atoms with Crippen LogP contribution in [0.25, 0.3) is 6.08 Å². The fourth-order valence-corrected chi connectivity index (χ4v) is 2.17. The van der Waals surface area contributed by atoms with Crippen LogP contribution in [0.15, 0.2) is 48.5 Å². The standard InChI is InChI=1S/C17H14ClF2NO2/c1-11-6-8-14(13(18)10-11)21-16(22)9-7-12-4-2-3-5-15(12)23-17(19)20/h2-10,17H,1H3,(H,21,22)/b9-7+. The third-order valence-electron chi connectivity index (χ3n) is 2.93. The largest absolute Gasteiger partial charge is 0.434 e. The molecule has 2 aromatic carbocycles. The molecule has 0 bridgehead atoms.